The summed E-state index contributed by atoms with van der Waals surface area (Å²) in [4.78, 5) is 27.6. The molecule has 0 saturated carbocycles. The predicted octanol–water partition coefficient (Wildman–Crippen LogP) is 4.10. The van der Waals surface area contributed by atoms with E-state index in [4.69, 9.17) is 9.47 Å². The van der Waals surface area contributed by atoms with Gasteiger partial charge in [-0.25, -0.2) is 0 Å². The number of morpholine rings is 1. The summed E-state index contributed by atoms with van der Waals surface area (Å²) in [5.74, 6) is -0.373. The second kappa shape index (κ2) is 9.94. The monoisotopic (exact) mass is 501 g/mol. The molecule has 5 rings (SSSR count). The Morgan fingerprint density at radius 2 is 1.92 bits per heavy atom. The fraction of sp³-hybridized carbons (Fsp3) is 0.385. The van der Waals surface area contributed by atoms with Crippen molar-refractivity contribution in [1.82, 2.24) is 4.90 Å². The van der Waals surface area contributed by atoms with E-state index in [0.29, 0.717) is 68.1 Å². The number of carbonyl (C=O) groups excluding carboxylic acids is 2. The zero-order valence-corrected chi connectivity index (χ0v) is 19.5. The van der Waals surface area contributed by atoms with Gasteiger partial charge in [0.25, 0.3) is 0 Å². The maximum Gasteiger partial charge on any atom is 0.416 e. The highest BCUT2D eigenvalue weighted by Crippen LogP contribution is 2.38. The van der Waals surface area contributed by atoms with Crippen molar-refractivity contribution in [1.29, 1.82) is 0 Å². The molecule has 0 aliphatic carbocycles. The van der Waals surface area contributed by atoms with Crippen LogP contribution in [0.4, 0.5) is 24.5 Å². The first-order valence-corrected chi connectivity index (χ1v) is 11.9. The molecular weight excluding hydrogens is 475 g/mol. The maximum atomic E-state index is 13.1. The molecule has 10 heteroatoms. The molecule has 3 heterocycles. The Balaban J connectivity index is 1.31. The molecule has 36 heavy (non-hydrogen) atoms. The van der Waals surface area contributed by atoms with Crippen LogP contribution in [0.1, 0.15) is 29.5 Å². The number of nitrogens with zero attached hydrogens (tertiary/aromatic N) is 1. The van der Waals surface area contributed by atoms with E-state index >= 15 is 0 Å². The second-order valence-corrected chi connectivity index (χ2v) is 9.05. The Morgan fingerprint density at radius 1 is 1.11 bits per heavy atom. The van der Waals surface area contributed by atoms with Gasteiger partial charge in [-0.1, -0.05) is 12.1 Å². The van der Waals surface area contributed by atoms with E-state index < -0.39 is 17.6 Å². The number of alkyl halides is 3. The van der Waals surface area contributed by atoms with Crippen LogP contribution < -0.4 is 15.4 Å². The smallest absolute Gasteiger partial charge is 0.416 e. The van der Waals surface area contributed by atoms with Gasteiger partial charge in [-0.2, -0.15) is 13.2 Å². The van der Waals surface area contributed by atoms with E-state index in [-0.39, 0.29) is 24.3 Å². The average Bonchev–Trinajstić information content (AvgIpc) is 3.05. The summed E-state index contributed by atoms with van der Waals surface area (Å²) >= 11 is 0. The number of ether oxygens (including phenoxy) is 2. The van der Waals surface area contributed by atoms with Gasteiger partial charge in [-0.3, -0.25) is 14.5 Å². The molecular formula is C26H26F3N3O4. The molecule has 190 valence electrons. The molecule has 1 unspecified atom stereocenters. The van der Waals surface area contributed by atoms with Crippen LogP contribution in [0.25, 0.3) is 5.57 Å². The molecule has 2 aromatic rings. The number of rotatable bonds is 3. The fourth-order valence-electron chi connectivity index (χ4n) is 4.80. The number of anilines is 2. The van der Waals surface area contributed by atoms with Crippen LogP contribution in [0, 0.1) is 0 Å². The lowest BCUT2D eigenvalue weighted by molar-refractivity contribution is -0.137. The molecule has 7 nitrogen and oxygen atoms in total. The molecule has 0 radical (unpaired) electrons. The quantitative estimate of drug-likeness (QED) is 0.620. The minimum atomic E-state index is -4.48. The van der Waals surface area contributed by atoms with E-state index in [9.17, 15) is 22.8 Å². The molecule has 3 aliphatic heterocycles. The van der Waals surface area contributed by atoms with E-state index in [1.807, 2.05) is 6.07 Å². The largest absolute Gasteiger partial charge is 0.493 e. The zero-order valence-electron chi connectivity index (χ0n) is 19.5. The van der Waals surface area contributed by atoms with Crippen LogP contribution in [-0.2, 0) is 26.9 Å². The van der Waals surface area contributed by atoms with E-state index in [0.717, 1.165) is 17.7 Å². The highest BCUT2D eigenvalue weighted by atomic mass is 19.4. The van der Waals surface area contributed by atoms with Crippen LogP contribution in [0.5, 0.6) is 5.75 Å². The van der Waals surface area contributed by atoms with Crippen LogP contribution >= 0.6 is 0 Å². The molecule has 1 saturated heterocycles. The Labute approximate surface area is 206 Å². The van der Waals surface area contributed by atoms with Crippen molar-refractivity contribution in [3.63, 3.8) is 0 Å². The Hall–Kier alpha value is -3.37. The SMILES string of the molecule is O=C(/C=C1\CCCOc2cc(C(F)(F)F)ccc21)Nc1ccc2c(c1)NC(=O)C(N1CCOCC1)C2. The Morgan fingerprint density at radius 3 is 2.69 bits per heavy atom. The fourth-order valence-corrected chi connectivity index (χ4v) is 4.80. The van der Waals surface area contributed by atoms with Gasteiger partial charge < -0.3 is 20.1 Å². The number of nitrogens with one attached hydrogen (secondary N) is 2. The number of carbonyl (C=O) groups is 2. The van der Waals surface area contributed by atoms with E-state index in [1.54, 1.807) is 12.1 Å². The predicted molar refractivity (Wildman–Crippen MR) is 128 cm³/mol. The van der Waals surface area contributed by atoms with Crippen LogP contribution in [0.3, 0.4) is 0 Å². The van der Waals surface area contributed by atoms with Gasteiger partial charge in [0.1, 0.15) is 5.75 Å². The third-order valence-electron chi connectivity index (χ3n) is 6.65. The third-order valence-corrected chi connectivity index (χ3v) is 6.65. The van der Waals surface area contributed by atoms with Crippen molar-refractivity contribution in [2.75, 3.05) is 43.5 Å². The summed E-state index contributed by atoms with van der Waals surface area (Å²) < 4.78 is 50.2. The molecule has 2 amide bonds. The summed E-state index contributed by atoms with van der Waals surface area (Å²) in [6.45, 7) is 2.90. The topological polar surface area (TPSA) is 79.9 Å². The lowest BCUT2D eigenvalue weighted by Gasteiger charge is -2.36. The number of halogens is 3. The lowest BCUT2D eigenvalue weighted by atomic mass is 9.97. The molecule has 0 aromatic heterocycles. The first kappa shape index (κ1) is 24.3. The first-order chi connectivity index (χ1) is 17.3. The van der Waals surface area contributed by atoms with Gasteiger partial charge in [0.15, 0.2) is 0 Å². The number of allylic oxidation sites excluding steroid dienone is 1. The van der Waals surface area contributed by atoms with Crippen molar-refractivity contribution in [3.05, 3.63) is 59.2 Å². The molecule has 3 aliphatic rings. The molecule has 0 bridgehead atoms. The normalized spacial score (nSPS) is 21.6. The molecule has 0 spiro atoms. The van der Waals surface area contributed by atoms with Gasteiger partial charge in [0.2, 0.25) is 11.8 Å². The number of hydrogen-bond acceptors (Lipinski definition) is 5. The summed E-state index contributed by atoms with van der Waals surface area (Å²) in [5.41, 5.74) is 2.44. The minimum absolute atomic E-state index is 0.0803. The number of amides is 2. The van der Waals surface area contributed by atoms with Crippen molar-refractivity contribution < 1.29 is 32.2 Å². The Kier molecular flexibility index (Phi) is 6.72. The minimum Gasteiger partial charge on any atom is -0.493 e. The molecule has 2 N–H and O–H groups in total. The summed E-state index contributed by atoms with van der Waals surface area (Å²) in [6, 6.07) is 8.46. The zero-order chi connectivity index (χ0) is 25.3. The molecule has 2 aromatic carbocycles. The van der Waals surface area contributed by atoms with Crippen molar-refractivity contribution in [3.8, 4) is 5.75 Å². The number of fused-ring (bicyclic) bond motifs is 2. The van der Waals surface area contributed by atoms with Gasteiger partial charge in [-0.15, -0.1) is 0 Å². The van der Waals surface area contributed by atoms with Gasteiger partial charge in [-0.05, 0) is 54.7 Å². The molecule has 1 atom stereocenters. The highest BCUT2D eigenvalue weighted by Gasteiger charge is 2.33. The molecule has 1 fully saturated rings. The maximum absolute atomic E-state index is 13.1. The van der Waals surface area contributed by atoms with E-state index in [1.165, 1.54) is 12.1 Å². The third kappa shape index (κ3) is 5.24. The highest BCUT2D eigenvalue weighted by molar-refractivity contribution is 6.05. The summed E-state index contributed by atoms with van der Waals surface area (Å²) in [6.07, 6.45) is -1.43. The van der Waals surface area contributed by atoms with Crippen LogP contribution in [0.15, 0.2) is 42.5 Å². The summed E-state index contributed by atoms with van der Waals surface area (Å²) in [7, 11) is 0. The van der Waals surface area contributed by atoms with E-state index in [2.05, 4.69) is 15.5 Å². The summed E-state index contributed by atoms with van der Waals surface area (Å²) in [5, 5.41) is 5.75. The second-order valence-electron chi connectivity index (χ2n) is 9.05. The van der Waals surface area contributed by atoms with Crippen molar-refractivity contribution >= 4 is 28.8 Å². The Bertz CT molecular complexity index is 1210. The number of benzene rings is 2. The van der Waals surface area contributed by atoms with Gasteiger partial charge in [0, 0.05) is 36.1 Å². The number of hydrogen-bond donors (Lipinski definition) is 2. The van der Waals surface area contributed by atoms with Crippen molar-refractivity contribution in [2.24, 2.45) is 0 Å². The van der Waals surface area contributed by atoms with Gasteiger partial charge >= 0.3 is 6.18 Å². The first-order valence-electron chi connectivity index (χ1n) is 11.9. The average molecular weight is 502 g/mol. The van der Waals surface area contributed by atoms with Crippen molar-refractivity contribution in [2.45, 2.75) is 31.5 Å². The standard InChI is InChI=1S/C26H26F3N3O4/c27-26(28,29)18-4-6-20-16(2-1-9-36-23(20)14-18)13-24(33)30-19-5-3-17-12-22(25(34)31-21(17)15-19)32-7-10-35-11-8-32/h3-6,13-15,22H,1-2,7-12H2,(H,30,33)(H,31,34)/b16-13+. The van der Waals surface area contributed by atoms with Gasteiger partial charge in [0.05, 0.1) is 31.4 Å². The van der Waals surface area contributed by atoms with Crippen LogP contribution in [-0.4, -0.2) is 55.7 Å². The van der Waals surface area contributed by atoms with Crippen LogP contribution in [0.2, 0.25) is 0 Å². The lowest BCUT2D eigenvalue weighted by Crippen LogP contribution is -2.52.